The Hall–Kier alpha value is -6.19. The average molecular weight is 1530 g/mol. The van der Waals surface area contributed by atoms with Crippen molar-refractivity contribution in [3.63, 3.8) is 0 Å². The fourth-order valence-corrected chi connectivity index (χ4v) is 27.8. The summed E-state index contributed by atoms with van der Waals surface area (Å²) in [5, 5.41) is 39.8. The lowest BCUT2D eigenvalue weighted by molar-refractivity contribution is -0.118. The van der Waals surface area contributed by atoms with Crippen molar-refractivity contribution >= 4 is 34.4 Å². The van der Waals surface area contributed by atoms with Crippen LogP contribution in [0.3, 0.4) is 0 Å². The molecule has 10 heteroatoms. The van der Waals surface area contributed by atoms with Crippen molar-refractivity contribution in [1.82, 2.24) is 0 Å². The number of rotatable bonds is 15. The number of allylic oxidation sites excluding steroid dienone is 3. The smallest absolute Gasteiger partial charge is 0.155 e. The maximum atomic E-state index is 13.7. The van der Waals surface area contributed by atoms with Crippen LogP contribution in [0.4, 0.5) is 17.1 Å². The third-order valence-electron chi connectivity index (χ3n) is 33.9. The highest BCUT2D eigenvalue weighted by Gasteiger charge is 2.69. The summed E-state index contributed by atoms with van der Waals surface area (Å²) in [6, 6.07) is 28.7. The lowest BCUT2D eigenvalue weighted by atomic mass is 9.46. The Morgan fingerprint density at radius 1 is 0.504 bits per heavy atom. The minimum atomic E-state index is -1.17. The molecule has 13 aliphatic rings. The van der Waals surface area contributed by atoms with E-state index in [1.165, 1.54) is 50.5 Å². The number of morpholine rings is 1. The molecule has 3 aromatic carbocycles. The molecule has 10 fully saturated rings. The molecule has 1 aliphatic heterocycles. The second kappa shape index (κ2) is 30.3. The van der Waals surface area contributed by atoms with E-state index in [0.717, 1.165) is 168 Å². The normalized spacial score (nSPS) is 38.4. The molecule has 12 aliphatic carbocycles. The monoisotopic (exact) mass is 1530 g/mol. The van der Waals surface area contributed by atoms with Gasteiger partial charge in [0.05, 0.1) is 13.2 Å². The molecular weight excluding hydrogens is 1390 g/mol. The summed E-state index contributed by atoms with van der Waals surface area (Å²) in [6.07, 6.45) is 26.6. The summed E-state index contributed by atoms with van der Waals surface area (Å²) in [5.74, 6) is 28.8. The number of anilines is 3. The summed E-state index contributed by atoms with van der Waals surface area (Å²) < 4.78 is 5.71. The van der Waals surface area contributed by atoms with Gasteiger partial charge in [0, 0.05) is 108 Å². The van der Waals surface area contributed by atoms with Gasteiger partial charge >= 0.3 is 0 Å². The van der Waals surface area contributed by atoms with Gasteiger partial charge in [-0.3, -0.25) is 14.4 Å². The van der Waals surface area contributed by atoms with Crippen LogP contribution in [0.1, 0.15) is 279 Å². The van der Waals surface area contributed by atoms with Gasteiger partial charge in [0.15, 0.2) is 17.3 Å². The maximum Gasteiger partial charge on any atom is 0.155 e. The predicted octanol–water partition coefficient (Wildman–Crippen LogP) is 20.2. The van der Waals surface area contributed by atoms with Crippen LogP contribution >= 0.6 is 0 Å². The zero-order valence-corrected chi connectivity index (χ0v) is 71.5. The van der Waals surface area contributed by atoms with Crippen molar-refractivity contribution in [3.05, 3.63) is 124 Å². The molecule has 22 atom stereocenters. The van der Waals surface area contributed by atoms with Crippen LogP contribution in [0.5, 0.6) is 0 Å². The third-order valence-corrected chi connectivity index (χ3v) is 33.9. The number of ketones is 3. The molecule has 1 heterocycles. The number of nitrogens with zero attached hydrogens (tertiary/aromatic N) is 3. The van der Waals surface area contributed by atoms with Crippen LogP contribution < -0.4 is 14.7 Å². The number of hydrogen-bond acceptors (Lipinski definition) is 10. The molecule has 0 radical (unpaired) electrons. The molecule has 0 spiro atoms. The van der Waals surface area contributed by atoms with E-state index < -0.39 is 22.2 Å². The van der Waals surface area contributed by atoms with Crippen molar-refractivity contribution in [2.45, 2.75) is 285 Å². The first-order chi connectivity index (χ1) is 53.7. The molecule has 113 heavy (non-hydrogen) atoms. The van der Waals surface area contributed by atoms with Crippen LogP contribution in [0.25, 0.3) is 0 Å². The Bertz CT molecular complexity index is 4400. The van der Waals surface area contributed by atoms with E-state index in [1.807, 2.05) is 18.2 Å². The maximum absolute atomic E-state index is 13.7. The molecule has 0 bridgehead atoms. The average Bonchev–Trinajstić information content (AvgIpc) is 1.60. The van der Waals surface area contributed by atoms with Gasteiger partial charge < -0.3 is 34.8 Å². The standard InChI is InChI=1S/C103H137N3O7/c1-15-104(74-26-17-68(18-27-74)86-63-98(12)89(41-44-101(98,110)49-46-95(5,6)7)83-35-23-71-60-77(107)32-38-80(71)92(83)86)53-16-43-96(8,9)48-51-103(112)67(4)59-91-85-37-25-73-62-79(109)34-40-82(73)94(85)88(65-100(91,103)14)70-21-30-76(31-22-70)106(66(2)3)54-52-97(10,11)47-50-102(111)45-42-90-84-36-24-72-61-78(108)33-39-81(72)93(84)87(64-99(90,102)13)69-19-28-75(29-20-69)105-55-57-113-58-56-105/h17-22,26-31,60-62,66-67,80-94,110-112H,15-16,23-25,32-45,52-59,63-65H2,1-14H3/t67?,80-,81-,82-,83-,84-,85-,86+,87+,88+,89-,90-,91-,92+,93+,94+,98-,99-,100-,101+,102+,103-/m0/s1. The topological polar surface area (TPSA) is 131 Å². The number of hydrogen-bond donors (Lipinski definition) is 3. The molecule has 3 aromatic rings. The molecule has 10 nitrogen and oxygen atoms in total. The van der Waals surface area contributed by atoms with E-state index in [9.17, 15) is 29.7 Å². The van der Waals surface area contributed by atoms with Crippen LogP contribution in [-0.4, -0.2) is 101 Å². The van der Waals surface area contributed by atoms with E-state index >= 15 is 0 Å². The molecule has 1 unspecified atom stereocenters. The highest BCUT2D eigenvalue weighted by Crippen LogP contribution is 2.73. The fourth-order valence-electron chi connectivity index (χ4n) is 27.8. The van der Waals surface area contributed by atoms with Gasteiger partial charge in [-0.25, -0.2) is 0 Å². The molecule has 1 saturated heterocycles. The van der Waals surface area contributed by atoms with Crippen molar-refractivity contribution in [2.75, 3.05) is 60.6 Å². The summed E-state index contributed by atoms with van der Waals surface area (Å²) in [7, 11) is 0. The van der Waals surface area contributed by atoms with Gasteiger partial charge in [0.1, 0.15) is 16.8 Å². The van der Waals surface area contributed by atoms with E-state index in [-0.39, 0.29) is 62.6 Å². The van der Waals surface area contributed by atoms with E-state index in [4.69, 9.17) is 4.74 Å². The number of benzene rings is 3. The first kappa shape index (κ1) is 80.6. The Morgan fingerprint density at radius 2 is 0.929 bits per heavy atom. The summed E-state index contributed by atoms with van der Waals surface area (Å²) in [4.78, 5) is 46.5. The Balaban J connectivity index is 0.605. The molecule has 0 amide bonds. The van der Waals surface area contributed by atoms with Crippen LogP contribution in [0.2, 0.25) is 0 Å². The highest BCUT2D eigenvalue weighted by atomic mass is 16.5. The van der Waals surface area contributed by atoms with Gasteiger partial charge in [-0.05, 0) is 364 Å². The highest BCUT2D eigenvalue weighted by molar-refractivity contribution is 5.92. The number of ether oxygens (including phenoxy) is 1. The van der Waals surface area contributed by atoms with Crippen LogP contribution in [-0.2, 0) is 19.1 Å². The summed E-state index contributed by atoms with van der Waals surface area (Å²) in [5.41, 5.74) is 6.53. The van der Waals surface area contributed by atoms with Crippen molar-refractivity contribution in [3.8, 4) is 35.5 Å². The zero-order valence-electron chi connectivity index (χ0n) is 71.5. The Labute approximate surface area is 680 Å². The Kier molecular flexibility index (Phi) is 21.6. The second-order valence-corrected chi connectivity index (χ2v) is 42.4. The molecule has 0 aromatic heterocycles. The third kappa shape index (κ3) is 14.6. The van der Waals surface area contributed by atoms with Crippen molar-refractivity contribution in [1.29, 1.82) is 0 Å². The molecule has 16 rings (SSSR count). The van der Waals surface area contributed by atoms with E-state index in [0.29, 0.717) is 108 Å². The van der Waals surface area contributed by atoms with Gasteiger partial charge in [0.2, 0.25) is 0 Å². The van der Waals surface area contributed by atoms with Crippen LogP contribution in [0.15, 0.2) is 108 Å². The molecule has 9 saturated carbocycles. The largest absolute Gasteiger partial charge is 0.378 e. The lowest BCUT2D eigenvalue weighted by Gasteiger charge is -2.58. The number of carbonyl (C=O) groups is 3. The molecule has 3 N–H and O–H groups in total. The Morgan fingerprint density at radius 3 is 1.39 bits per heavy atom. The summed E-state index contributed by atoms with van der Waals surface area (Å²) >= 11 is 0. The molecule has 606 valence electrons. The van der Waals surface area contributed by atoms with Gasteiger partial charge in [-0.1, -0.05) is 116 Å². The number of aliphatic hydroxyl groups is 3. The second-order valence-electron chi connectivity index (χ2n) is 42.4. The SMILES string of the molecule is CCN(CCCC(C)(C)C#C[C@]1(O)C(C)C[C@H]2[C@@H]3CCC4=CC(=O)CC[C@@H]4[C@H]3[C@@H](c3ccc(N(CCC(C)(C)C#C[C@]4(O)CC[C@H]5[C@@H]6CCC7=CC(=O)CC[C@@H]7[C@H]6[C@@H](c6ccc(N7CCOCC7)cc6)C[C@@]54C)C(C)C)cc3)C[C@@]21C)c1ccc([C@H]2C[C@@]3(C)[C@@H](CC[C@@]3(O)C#CC(C)(C)C)[C@@H]3CCC4=CC(=O)CC[C@@H]4[C@H]32)cc1. The van der Waals surface area contributed by atoms with E-state index in [1.54, 1.807) is 0 Å². The van der Waals surface area contributed by atoms with Crippen molar-refractivity contribution < 1.29 is 34.4 Å². The fraction of sp³-hybridized carbons (Fsp3) is 0.680. The number of fused-ring (bicyclic) bond motifs is 15. The molecular formula is C103H137N3O7. The minimum absolute atomic E-state index is 0.00983. The number of carbonyl (C=O) groups excluding carboxylic acids is 3. The van der Waals surface area contributed by atoms with Gasteiger partial charge in [0.25, 0.3) is 0 Å². The quantitative estimate of drug-likeness (QED) is 0.126. The van der Waals surface area contributed by atoms with Crippen LogP contribution in [0, 0.1) is 145 Å². The van der Waals surface area contributed by atoms with Gasteiger partial charge in [-0.2, -0.15) is 0 Å². The summed E-state index contributed by atoms with van der Waals surface area (Å²) in [6.45, 7) is 37.8. The van der Waals surface area contributed by atoms with Crippen molar-refractivity contribution in [2.24, 2.45) is 109 Å². The lowest BCUT2D eigenvalue weighted by Crippen LogP contribution is -2.55. The van der Waals surface area contributed by atoms with E-state index in [2.05, 4.69) is 220 Å². The predicted molar refractivity (Wildman–Crippen MR) is 457 cm³/mol. The minimum Gasteiger partial charge on any atom is -0.378 e. The zero-order chi connectivity index (χ0) is 79.7. The first-order valence-corrected chi connectivity index (χ1v) is 45.3. The van der Waals surface area contributed by atoms with Gasteiger partial charge in [-0.15, -0.1) is 0 Å². The first-order valence-electron chi connectivity index (χ1n) is 45.3.